The molecule has 0 aliphatic rings. The Kier molecular flexibility index (Phi) is 5.92. The van der Waals surface area contributed by atoms with Gasteiger partial charge >= 0.3 is 6.03 Å². The normalized spacial score (nSPS) is 12.3. The summed E-state index contributed by atoms with van der Waals surface area (Å²) in [4.78, 5) is 12.2. The van der Waals surface area contributed by atoms with Crippen molar-refractivity contribution in [2.45, 2.75) is 19.9 Å². The van der Waals surface area contributed by atoms with Crippen LogP contribution in [0.3, 0.4) is 0 Å². The van der Waals surface area contributed by atoms with Gasteiger partial charge in [-0.1, -0.05) is 23.7 Å². The van der Waals surface area contributed by atoms with E-state index in [2.05, 4.69) is 15.4 Å². The van der Waals surface area contributed by atoms with Crippen molar-refractivity contribution in [2.75, 3.05) is 16.3 Å². The van der Waals surface area contributed by atoms with Gasteiger partial charge in [-0.05, 0) is 55.3 Å². The second-order valence-electron chi connectivity index (χ2n) is 5.78. The van der Waals surface area contributed by atoms with E-state index >= 15 is 0 Å². The Labute approximate surface area is 152 Å². The van der Waals surface area contributed by atoms with E-state index < -0.39 is 10.0 Å². The van der Waals surface area contributed by atoms with E-state index in [0.29, 0.717) is 16.4 Å². The van der Waals surface area contributed by atoms with Crippen LogP contribution in [-0.2, 0) is 10.0 Å². The molecule has 0 heterocycles. The van der Waals surface area contributed by atoms with Crippen LogP contribution in [0.1, 0.15) is 24.1 Å². The molecule has 0 aliphatic carbocycles. The average molecular weight is 382 g/mol. The van der Waals surface area contributed by atoms with Gasteiger partial charge in [-0.3, -0.25) is 4.72 Å². The van der Waals surface area contributed by atoms with E-state index in [1.807, 2.05) is 19.9 Å². The van der Waals surface area contributed by atoms with Crippen LogP contribution in [0.25, 0.3) is 0 Å². The molecule has 0 bridgehead atoms. The van der Waals surface area contributed by atoms with E-state index in [9.17, 15) is 13.2 Å². The van der Waals surface area contributed by atoms with E-state index in [-0.39, 0.29) is 12.1 Å². The van der Waals surface area contributed by atoms with Gasteiger partial charge in [0.15, 0.2) is 0 Å². The van der Waals surface area contributed by atoms with Gasteiger partial charge in [-0.15, -0.1) is 0 Å². The summed E-state index contributed by atoms with van der Waals surface area (Å²) in [7, 11) is -3.35. The van der Waals surface area contributed by atoms with Crippen LogP contribution in [0.5, 0.6) is 0 Å². The molecule has 1 atom stereocenters. The lowest BCUT2D eigenvalue weighted by Gasteiger charge is -2.17. The van der Waals surface area contributed by atoms with Gasteiger partial charge in [-0.25, -0.2) is 13.2 Å². The Morgan fingerprint density at radius 1 is 1.16 bits per heavy atom. The summed E-state index contributed by atoms with van der Waals surface area (Å²) < 4.78 is 25.1. The fourth-order valence-corrected chi connectivity index (χ4v) is 3.07. The van der Waals surface area contributed by atoms with Gasteiger partial charge in [0.2, 0.25) is 10.0 Å². The number of sulfonamides is 1. The van der Waals surface area contributed by atoms with E-state index in [1.54, 1.807) is 36.4 Å². The van der Waals surface area contributed by atoms with Gasteiger partial charge in [0.1, 0.15) is 0 Å². The summed E-state index contributed by atoms with van der Waals surface area (Å²) in [5.74, 6) is 0. The molecule has 2 aromatic carbocycles. The molecule has 6 nitrogen and oxygen atoms in total. The van der Waals surface area contributed by atoms with Crippen LogP contribution in [0.15, 0.2) is 42.5 Å². The molecule has 2 aromatic rings. The Hall–Kier alpha value is -2.25. The fraction of sp³-hybridized carbons (Fsp3) is 0.235. The molecular weight excluding hydrogens is 362 g/mol. The van der Waals surface area contributed by atoms with Crippen LogP contribution < -0.4 is 15.4 Å². The number of urea groups is 1. The molecule has 0 saturated carbocycles. The average Bonchev–Trinajstić information content (AvgIpc) is 2.48. The highest BCUT2D eigenvalue weighted by molar-refractivity contribution is 7.92. The predicted molar refractivity (Wildman–Crippen MR) is 102 cm³/mol. The molecule has 0 aromatic heterocycles. The second-order valence-corrected chi connectivity index (χ2v) is 7.96. The number of anilines is 2. The number of benzene rings is 2. The summed E-state index contributed by atoms with van der Waals surface area (Å²) in [5.41, 5.74) is 2.75. The number of nitrogens with one attached hydrogen (secondary N) is 3. The van der Waals surface area contributed by atoms with Gasteiger partial charge in [0.25, 0.3) is 0 Å². The predicted octanol–water partition coefficient (Wildman–Crippen LogP) is 3.90. The van der Waals surface area contributed by atoms with Crippen molar-refractivity contribution in [2.24, 2.45) is 0 Å². The van der Waals surface area contributed by atoms with Crippen LogP contribution in [0, 0.1) is 6.92 Å². The third-order valence-electron chi connectivity index (χ3n) is 3.47. The molecule has 0 saturated heterocycles. The monoisotopic (exact) mass is 381 g/mol. The lowest BCUT2D eigenvalue weighted by atomic mass is 10.1. The third-order valence-corrected chi connectivity index (χ3v) is 4.32. The zero-order valence-electron chi connectivity index (χ0n) is 14.1. The number of carbonyl (C=O) groups excluding carboxylic acids is 1. The Morgan fingerprint density at radius 3 is 2.52 bits per heavy atom. The molecule has 0 spiro atoms. The molecule has 1 unspecified atom stereocenters. The number of hydrogen-bond acceptors (Lipinski definition) is 3. The van der Waals surface area contributed by atoms with E-state index in [4.69, 9.17) is 11.6 Å². The van der Waals surface area contributed by atoms with E-state index in [1.165, 1.54) is 0 Å². The molecule has 2 rings (SSSR count). The van der Waals surface area contributed by atoms with Crippen LogP contribution in [0.4, 0.5) is 16.2 Å². The summed E-state index contributed by atoms with van der Waals surface area (Å²) in [6, 6.07) is 11.4. The number of aryl methyl sites for hydroxylation is 1. The molecule has 0 fully saturated rings. The van der Waals surface area contributed by atoms with Crippen LogP contribution in [0.2, 0.25) is 5.02 Å². The molecule has 0 radical (unpaired) electrons. The lowest BCUT2D eigenvalue weighted by molar-refractivity contribution is 0.249. The maximum atomic E-state index is 12.2. The number of halogens is 1. The highest BCUT2D eigenvalue weighted by atomic mass is 35.5. The van der Waals surface area contributed by atoms with Gasteiger partial charge in [0.05, 0.1) is 12.3 Å². The summed E-state index contributed by atoms with van der Waals surface area (Å²) in [5, 5.41) is 6.19. The van der Waals surface area contributed by atoms with Crippen molar-refractivity contribution >= 4 is 39.0 Å². The van der Waals surface area contributed by atoms with Crippen molar-refractivity contribution in [3.63, 3.8) is 0 Å². The smallest absolute Gasteiger partial charge is 0.319 e. The summed E-state index contributed by atoms with van der Waals surface area (Å²) in [6.45, 7) is 3.67. The van der Waals surface area contributed by atoms with E-state index in [0.717, 1.165) is 17.4 Å². The van der Waals surface area contributed by atoms with Crippen molar-refractivity contribution in [1.29, 1.82) is 0 Å². The summed E-state index contributed by atoms with van der Waals surface area (Å²) >= 11 is 5.90. The topological polar surface area (TPSA) is 87.3 Å². The quantitative estimate of drug-likeness (QED) is 0.733. The van der Waals surface area contributed by atoms with Gasteiger partial charge in [0, 0.05) is 16.4 Å². The van der Waals surface area contributed by atoms with Gasteiger partial charge < -0.3 is 10.6 Å². The van der Waals surface area contributed by atoms with Crippen LogP contribution >= 0.6 is 11.6 Å². The number of carbonyl (C=O) groups is 1. The SMILES string of the molecule is Cc1cc(Cl)ccc1NC(=O)NC(C)c1cccc(NS(C)(=O)=O)c1. The maximum Gasteiger partial charge on any atom is 0.319 e. The first-order valence-electron chi connectivity index (χ1n) is 7.55. The second kappa shape index (κ2) is 7.76. The molecule has 25 heavy (non-hydrogen) atoms. The van der Waals surface area contributed by atoms with Crippen molar-refractivity contribution in [3.05, 3.63) is 58.6 Å². The number of hydrogen-bond donors (Lipinski definition) is 3. The summed E-state index contributed by atoms with van der Waals surface area (Å²) in [6.07, 6.45) is 1.09. The largest absolute Gasteiger partial charge is 0.331 e. The first-order chi connectivity index (χ1) is 11.6. The Bertz CT molecular complexity index is 884. The molecule has 2 amide bonds. The molecule has 134 valence electrons. The molecular formula is C17H20ClN3O3S. The standard InChI is InChI=1S/C17H20ClN3O3S/c1-11-9-14(18)7-8-16(11)20-17(22)19-12(2)13-5-4-6-15(10-13)21-25(3,23)24/h4-10,12,21H,1-3H3,(H2,19,20,22). The number of rotatable bonds is 5. The molecule has 3 N–H and O–H groups in total. The van der Waals surface area contributed by atoms with Gasteiger partial charge in [-0.2, -0.15) is 0 Å². The highest BCUT2D eigenvalue weighted by Gasteiger charge is 2.12. The number of amides is 2. The van der Waals surface area contributed by atoms with Crippen molar-refractivity contribution in [1.82, 2.24) is 5.32 Å². The fourth-order valence-electron chi connectivity index (χ4n) is 2.29. The van der Waals surface area contributed by atoms with Crippen LogP contribution in [-0.4, -0.2) is 20.7 Å². The zero-order valence-corrected chi connectivity index (χ0v) is 15.7. The maximum absolute atomic E-state index is 12.2. The molecule has 8 heteroatoms. The minimum atomic E-state index is -3.35. The highest BCUT2D eigenvalue weighted by Crippen LogP contribution is 2.21. The third kappa shape index (κ3) is 5.95. The Morgan fingerprint density at radius 2 is 1.88 bits per heavy atom. The molecule has 0 aliphatic heterocycles. The Balaban J connectivity index is 2.04. The zero-order chi connectivity index (χ0) is 18.6. The minimum absolute atomic E-state index is 0.311. The van der Waals surface area contributed by atoms with Crippen molar-refractivity contribution < 1.29 is 13.2 Å². The minimum Gasteiger partial charge on any atom is -0.331 e. The van der Waals surface area contributed by atoms with Crippen molar-refractivity contribution in [3.8, 4) is 0 Å². The first-order valence-corrected chi connectivity index (χ1v) is 9.82. The lowest BCUT2D eigenvalue weighted by Crippen LogP contribution is -2.31. The first kappa shape index (κ1) is 19.1.